The van der Waals surface area contributed by atoms with Crippen LogP contribution in [0.2, 0.25) is 0 Å². The molecule has 0 bridgehead atoms. The summed E-state index contributed by atoms with van der Waals surface area (Å²) in [4.78, 5) is 11.3. The third-order valence-corrected chi connectivity index (χ3v) is 3.30. The van der Waals surface area contributed by atoms with E-state index >= 15 is 0 Å². The van der Waals surface area contributed by atoms with Crippen LogP contribution in [0.3, 0.4) is 0 Å². The van der Waals surface area contributed by atoms with Gasteiger partial charge in [0.15, 0.2) is 0 Å². The van der Waals surface area contributed by atoms with E-state index in [-0.39, 0.29) is 5.75 Å². The molecule has 86 valence electrons. The first-order valence-corrected chi connectivity index (χ1v) is 5.41. The second-order valence-electron chi connectivity index (χ2n) is 4.21. The van der Waals surface area contributed by atoms with E-state index in [1.807, 2.05) is 6.92 Å². The number of phenolic OH excluding ortho intramolecular Hbond substituents is 1. The van der Waals surface area contributed by atoms with Gasteiger partial charge < -0.3 is 15.5 Å². The van der Waals surface area contributed by atoms with Crippen molar-refractivity contribution in [2.75, 3.05) is 5.32 Å². The van der Waals surface area contributed by atoms with E-state index < -0.39 is 11.5 Å². The number of hydrogen-bond acceptors (Lipinski definition) is 3. The maximum absolute atomic E-state index is 11.3. The second-order valence-corrected chi connectivity index (χ2v) is 4.21. The Kier molecular flexibility index (Phi) is 2.50. The molecule has 16 heavy (non-hydrogen) atoms. The first-order chi connectivity index (χ1) is 7.57. The number of carboxylic acids is 1. The zero-order valence-electron chi connectivity index (χ0n) is 9.16. The molecule has 0 amide bonds. The van der Waals surface area contributed by atoms with Crippen LogP contribution in [0.1, 0.15) is 25.3 Å². The summed E-state index contributed by atoms with van der Waals surface area (Å²) in [5, 5.41) is 21.7. The molecule has 0 saturated carbocycles. The lowest BCUT2D eigenvalue weighted by atomic mass is 9.84. The number of aryl methyl sites for hydroxylation is 1. The zero-order chi connectivity index (χ0) is 11.8. The van der Waals surface area contributed by atoms with E-state index in [2.05, 4.69) is 5.32 Å². The number of nitrogens with one attached hydrogen (secondary N) is 1. The topological polar surface area (TPSA) is 69.6 Å². The number of carbonyl (C=O) groups is 1. The molecule has 1 unspecified atom stereocenters. The Morgan fingerprint density at radius 3 is 2.94 bits per heavy atom. The average Bonchev–Trinajstić information content (AvgIpc) is 2.28. The van der Waals surface area contributed by atoms with Crippen molar-refractivity contribution < 1.29 is 15.0 Å². The Morgan fingerprint density at radius 1 is 1.56 bits per heavy atom. The van der Waals surface area contributed by atoms with Gasteiger partial charge in [0.25, 0.3) is 0 Å². The highest BCUT2D eigenvalue weighted by atomic mass is 16.4. The third kappa shape index (κ3) is 1.60. The Balaban J connectivity index is 2.36. The molecule has 2 rings (SSSR count). The van der Waals surface area contributed by atoms with Crippen LogP contribution in [0.4, 0.5) is 5.69 Å². The lowest BCUT2D eigenvalue weighted by molar-refractivity contribution is -0.142. The maximum Gasteiger partial charge on any atom is 0.329 e. The van der Waals surface area contributed by atoms with Gasteiger partial charge >= 0.3 is 5.97 Å². The van der Waals surface area contributed by atoms with Crippen molar-refractivity contribution in [2.45, 2.75) is 31.7 Å². The van der Waals surface area contributed by atoms with Gasteiger partial charge in [0, 0.05) is 5.69 Å². The van der Waals surface area contributed by atoms with Crippen molar-refractivity contribution in [2.24, 2.45) is 0 Å². The van der Waals surface area contributed by atoms with Gasteiger partial charge in [-0.1, -0.05) is 6.92 Å². The first kappa shape index (κ1) is 10.8. The van der Waals surface area contributed by atoms with Gasteiger partial charge in [-0.15, -0.1) is 0 Å². The molecule has 1 aliphatic heterocycles. The molecule has 3 N–H and O–H groups in total. The minimum Gasteiger partial charge on any atom is -0.508 e. The van der Waals surface area contributed by atoms with Crippen molar-refractivity contribution in [1.29, 1.82) is 0 Å². The monoisotopic (exact) mass is 221 g/mol. The summed E-state index contributed by atoms with van der Waals surface area (Å²) >= 11 is 0. The molecule has 0 aliphatic carbocycles. The Morgan fingerprint density at radius 2 is 2.31 bits per heavy atom. The number of rotatable bonds is 2. The largest absolute Gasteiger partial charge is 0.508 e. The van der Waals surface area contributed by atoms with Crippen LogP contribution >= 0.6 is 0 Å². The SMILES string of the molecule is CCC1(C(=O)O)CCc2cc(O)ccc2N1. The van der Waals surface area contributed by atoms with Gasteiger partial charge in [-0.05, 0) is 43.0 Å². The smallest absolute Gasteiger partial charge is 0.329 e. The number of fused-ring (bicyclic) bond motifs is 1. The molecular formula is C12H15NO3. The summed E-state index contributed by atoms with van der Waals surface area (Å²) in [5.74, 6) is -0.589. The molecule has 0 fully saturated rings. The summed E-state index contributed by atoms with van der Waals surface area (Å²) < 4.78 is 0. The van der Waals surface area contributed by atoms with Crippen molar-refractivity contribution in [3.05, 3.63) is 23.8 Å². The van der Waals surface area contributed by atoms with E-state index in [0.717, 1.165) is 11.3 Å². The van der Waals surface area contributed by atoms with Crippen molar-refractivity contribution in [3.63, 3.8) is 0 Å². The summed E-state index contributed by atoms with van der Waals surface area (Å²) in [6.45, 7) is 1.87. The quantitative estimate of drug-likeness (QED) is 0.668. The predicted octanol–water partition coefficient (Wildman–Crippen LogP) is 1.98. The maximum atomic E-state index is 11.3. The van der Waals surface area contributed by atoms with Crippen LogP contribution in [0.25, 0.3) is 0 Å². The average molecular weight is 221 g/mol. The molecule has 1 aliphatic rings. The van der Waals surface area contributed by atoms with Crippen LogP contribution in [0, 0.1) is 0 Å². The number of aliphatic carboxylic acids is 1. The van der Waals surface area contributed by atoms with Gasteiger partial charge in [0.2, 0.25) is 0 Å². The molecule has 0 spiro atoms. The number of carboxylic acid groups (broad SMARTS) is 1. The Labute approximate surface area is 93.9 Å². The van der Waals surface area contributed by atoms with Gasteiger partial charge in [-0.2, -0.15) is 0 Å². The van der Waals surface area contributed by atoms with Crippen LogP contribution in [0.5, 0.6) is 5.75 Å². The van der Waals surface area contributed by atoms with Crippen molar-refractivity contribution in [3.8, 4) is 5.75 Å². The highest BCUT2D eigenvalue weighted by Gasteiger charge is 2.39. The van der Waals surface area contributed by atoms with Gasteiger partial charge in [0.1, 0.15) is 11.3 Å². The van der Waals surface area contributed by atoms with E-state index in [9.17, 15) is 15.0 Å². The zero-order valence-corrected chi connectivity index (χ0v) is 9.16. The number of hydrogen-bond donors (Lipinski definition) is 3. The highest BCUT2D eigenvalue weighted by Crippen LogP contribution is 2.34. The summed E-state index contributed by atoms with van der Waals surface area (Å²) in [7, 11) is 0. The fourth-order valence-electron chi connectivity index (χ4n) is 2.15. The lowest BCUT2D eigenvalue weighted by Crippen LogP contribution is -2.48. The predicted molar refractivity (Wildman–Crippen MR) is 60.7 cm³/mol. The minimum absolute atomic E-state index is 0.222. The van der Waals surface area contributed by atoms with E-state index in [1.165, 1.54) is 0 Å². The summed E-state index contributed by atoms with van der Waals surface area (Å²) in [6, 6.07) is 4.99. The number of anilines is 1. The Bertz CT molecular complexity index is 430. The second kappa shape index (κ2) is 3.70. The standard InChI is InChI=1S/C12H15NO3/c1-2-12(11(15)16)6-5-8-7-9(14)3-4-10(8)13-12/h3-4,7,13-14H,2,5-6H2,1H3,(H,15,16). The minimum atomic E-state index is -0.857. The molecule has 4 nitrogen and oxygen atoms in total. The molecule has 4 heteroatoms. The molecule has 1 heterocycles. The molecule has 0 radical (unpaired) electrons. The van der Waals surface area contributed by atoms with E-state index in [4.69, 9.17) is 0 Å². The van der Waals surface area contributed by atoms with Gasteiger partial charge in [-0.25, -0.2) is 4.79 Å². The summed E-state index contributed by atoms with van der Waals surface area (Å²) in [6.07, 6.45) is 1.77. The summed E-state index contributed by atoms with van der Waals surface area (Å²) in [5.41, 5.74) is 0.933. The molecule has 1 aromatic carbocycles. The molecule has 0 saturated heterocycles. The van der Waals surface area contributed by atoms with Crippen LogP contribution in [0.15, 0.2) is 18.2 Å². The van der Waals surface area contributed by atoms with E-state index in [1.54, 1.807) is 18.2 Å². The normalized spacial score (nSPS) is 23.3. The Hall–Kier alpha value is -1.71. The molecule has 1 atom stereocenters. The van der Waals surface area contributed by atoms with Gasteiger partial charge in [0.05, 0.1) is 0 Å². The van der Waals surface area contributed by atoms with Crippen molar-refractivity contribution >= 4 is 11.7 Å². The van der Waals surface area contributed by atoms with Crippen LogP contribution in [-0.4, -0.2) is 21.7 Å². The number of aromatic hydroxyl groups is 1. The molecular weight excluding hydrogens is 206 g/mol. The van der Waals surface area contributed by atoms with Gasteiger partial charge in [-0.3, -0.25) is 0 Å². The van der Waals surface area contributed by atoms with Crippen LogP contribution < -0.4 is 5.32 Å². The highest BCUT2D eigenvalue weighted by molar-refractivity contribution is 5.84. The van der Waals surface area contributed by atoms with Crippen molar-refractivity contribution in [1.82, 2.24) is 0 Å². The first-order valence-electron chi connectivity index (χ1n) is 5.41. The fraction of sp³-hybridized carbons (Fsp3) is 0.417. The number of benzene rings is 1. The molecule has 1 aromatic rings. The van der Waals surface area contributed by atoms with Crippen LogP contribution in [-0.2, 0) is 11.2 Å². The number of phenols is 1. The van der Waals surface area contributed by atoms with E-state index in [0.29, 0.717) is 19.3 Å². The fourth-order valence-corrected chi connectivity index (χ4v) is 2.15. The molecule has 0 aromatic heterocycles. The lowest BCUT2D eigenvalue weighted by Gasteiger charge is -2.35. The third-order valence-electron chi connectivity index (χ3n) is 3.30.